The molecule has 1 saturated heterocycles. The summed E-state index contributed by atoms with van der Waals surface area (Å²) < 4.78 is 62.0. The number of aromatic nitrogens is 2. The smallest absolute Gasteiger partial charge is 0.277 e. The number of fused-ring (bicyclic) bond motifs is 1. The van der Waals surface area contributed by atoms with E-state index in [1.165, 1.54) is 0 Å². The van der Waals surface area contributed by atoms with Crippen molar-refractivity contribution < 1.29 is 26.7 Å². The molecular weight excluding hydrogens is 432 g/mol. The van der Waals surface area contributed by atoms with Gasteiger partial charge in [-0.2, -0.15) is 22.9 Å². The topological polar surface area (TPSA) is 111 Å². The van der Waals surface area contributed by atoms with Gasteiger partial charge in [0.1, 0.15) is 0 Å². The van der Waals surface area contributed by atoms with E-state index in [0.717, 1.165) is 15.4 Å². The van der Waals surface area contributed by atoms with Crippen molar-refractivity contribution in [3.8, 4) is 11.5 Å². The van der Waals surface area contributed by atoms with E-state index in [9.17, 15) is 17.2 Å². The first kappa shape index (κ1) is 21.9. The van der Waals surface area contributed by atoms with Gasteiger partial charge in [0.2, 0.25) is 0 Å². The number of benzene rings is 1. The van der Waals surface area contributed by atoms with Crippen molar-refractivity contribution in [2.45, 2.75) is 31.7 Å². The minimum atomic E-state index is -4.21. The highest BCUT2D eigenvalue weighted by Gasteiger charge is 2.56. The van der Waals surface area contributed by atoms with Crippen LogP contribution in [0.1, 0.15) is 19.8 Å². The van der Waals surface area contributed by atoms with Crippen LogP contribution in [0, 0.1) is 5.41 Å². The highest BCUT2D eigenvalue weighted by Crippen LogP contribution is 2.52. The van der Waals surface area contributed by atoms with Crippen LogP contribution in [0.4, 0.5) is 14.5 Å². The molecular formula is C19H25F2N5O4S. The van der Waals surface area contributed by atoms with Crippen LogP contribution in [-0.2, 0) is 10.2 Å². The average molecular weight is 458 g/mol. The molecule has 1 aromatic heterocycles. The summed E-state index contributed by atoms with van der Waals surface area (Å²) in [7, 11) is -1.10. The molecule has 1 aliphatic carbocycles. The van der Waals surface area contributed by atoms with Crippen LogP contribution in [0.5, 0.6) is 11.5 Å². The molecule has 2 N–H and O–H groups in total. The minimum Gasteiger partial charge on any atom is -0.493 e. The van der Waals surface area contributed by atoms with Gasteiger partial charge in [0.05, 0.1) is 38.2 Å². The van der Waals surface area contributed by atoms with Crippen LogP contribution in [-0.4, -0.2) is 68.7 Å². The van der Waals surface area contributed by atoms with Crippen molar-refractivity contribution in [2.75, 3.05) is 38.8 Å². The number of hydrogen-bond donors (Lipinski definition) is 1. The first-order valence-electron chi connectivity index (χ1n) is 9.74. The third-order valence-corrected chi connectivity index (χ3v) is 7.10. The Morgan fingerprint density at radius 1 is 1.26 bits per heavy atom. The highest BCUT2D eigenvalue weighted by molar-refractivity contribution is 7.86. The Kier molecular flexibility index (Phi) is 5.22. The molecule has 2 heterocycles. The third-order valence-electron chi connectivity index (χ3n) is 6.02. The van der Waals surface area contributed by atoms with E-state index in [4.69, 9.17) is 14.6 Å². The Morgan fingerprint density at radius 3 is 2.42 bits per heavy atom. The lowest BCUT2D eigenvalue weighted by Crippen LogP contribution is -2.68. The van der Waals surface area contributed by atoms with Gasteiger partial charge in [-0.15, -0.1) is 0 Å². The zero-order chi connectivity index (χ0) is 22.6. The lowest BCUT2D eigenvalue weighted by Gasteiger charge is -2.61. The molecule has 0 atom stereocenters. The lowest BCUT2D eigenvalue weighted by molar-refractivity contribution is -0.0414. The van der Waals surface area contributed by atoms with Gasteiger partial charge in [-0.05, 0) is 18.9 Å². The number of halogens is 2. The number of alkyl halides is 2. The maximum Gasteiger partial charge on any atom is 0.277 e. The summed E-state index contributed by atoms with van der Waals surface area (Å²) in [6, 6.07) is 3.09. The maximum atomic E-state index is 13.5. The fourth-order valence-corrected chi connectivity index (χ4v) is 5.63. The third kappa shape index (κ3) is 4.11. The van der Waals surface area contributed by atoms with Crippen LogP contribution < -0.4 is 19.5 Å². The molecule has 9 nitrogen and oxygen atoms in total. The summed E-state index contributed by atoms with van der Waals surface area (Å²) in [5.74, 6) is -2.02. The van der Waals surface area contributed by atoms with Gasteiger partial charge >= 0.3 is 0 Å². The molecule has 4 rings (SSSR count). The SMILES string of the molecule is COc1cc2nncc(N3CC4(CC(N(CC(C)(F)F)S(N)(=O)=O)C4)C3)c2cc1OC. The summed E-state index contributed by atoms with van der Waals surface area (Å²) in [5, 5.41) is 14.3. The summed E-state index contributed by atoms with van der Waals surface area (Å²) in [5.41, 5.74) is 1.42. The predicted molar refractivity (Wildman–Crippen MR) is 111 cm³/mol. The summed E-state index contributed by atoms with van der Waals surface area (Å²) >= 11 is 0. The molecule has 1 aromatic carbocycles. The number of ether oxygens (including phenoxy) is 2. The zero-order valence-electron chi connectivity index (χ0n) is 17.5. The van der Waals surface area contributed by atoms with E-state index in [-0.39, 0.29) is 5.41 Å². The normalized spacial score (nSPS) is 18.9. The summed E-state index contributed by atoms with van der Waals surface area (Å²) in [4.78, 5) is 2.12. The van der Waals surface area contributed by atoms with Crippen LogP contribution >= 0.6 is 0 Å². The van der Waals surface area contributed by atoms with Crippen molar-refractivity contribution in [3.05, 3.63) is 18.3 Å². The summed E-state index contributed by atoms with van der Waals surface area (Å²) in [6.07, 6.45) is 2.65. The number of nitrogens with zero attached hydrogens (tertiary/aromatic N) is 4. The molecule has 1 saturated carbocycles. The van der Waals surface area contributed by atoms with Crippen molar-refractivity contribution in [1.29, 1.82) is 0 Å². The van der Waals surface area contributed by atoms with E-state index in [0.29, 0.717) is 49.9 Å². The van der Waals surface area contributed by atoms with Crippen molar-refractivity contribution >= 4 is 26.8 Å². The van der Waals surface area contributed by atoms with Gasteiger partial charge in [0.25, 0.3) is 16.1 Å². The number of rotatable bonds is 7. The molecule has 0 radical (unpaired) electrons. The molecule has 2 aromatic rings. The first-order valence-corrected chi connectivity index (χ1v) is 11.2. The second kappa shape index (κ2) is 7.38. The molecule has 2 fully saturated rings. The van der Waals surface area contributed by atoms with E-state index in [1.807, 2.05) is 6.07 Å². The maximum absolute atomic E-state index is 13.5. The standard InChI is InChI=1S/C19H25F2N5O4S/c1-18(20,21)9-26(31(22,27)28)12-6-19(7-12)10-25(11-19)15-8-23-24-14-5-17(30-3)16(29-2)4-13(14)15/h4-5,8,12H,6-7,9-11H2,1-3H3,(H2,22,27,28). The lowest BCUT2D eigenvalue weighted by atomic mass is 9.60. The van der Waals surface area contributed by atoms with E-state index in [2.05, 4.69) is 15.1 Å². The Labute approximate surface area is 179 Å². The Balaban J connectivity index is 1.49. The monoisotopic (exact) mass is 457 g/mol. The minimum absolute atomic E-state index is 0.122. The largest absolute Gasteiger partial charge is 0.493 e. The number of methoxy groups -OCH3 is 2. The number of nitrogens with two attached hydrogens (primary N) is 1. The molecule has 0 unspecified atom stereocenters. The van der Waals surface area contributed by atoms with Gasteiger partial charge in [-0.3, -0.25) is 0 Å². The molecule has 12 heteroatoms. The second-order valence-electron chi connectivity index (χ2n) is 8.53. The Bertz CT molecular complexity index is 1090. The van der Waals surface area contributed by atoms with Crippen LogP contribution in [0.2, 0.25) is 0 Å². The highest BCUT2D eigenvalue weighted by atomic mass is 32.2. The van der Waals surface area contributed by atoms with Gasteiger partial charge in [-0.1, -0.05) is 0 Å². The van der Waals surface area contributed by atoms with Crippen molar-refractivity contribution in [2.24, 2.45) is 10.6 Å². The van der Waals surface area contributed by atoms with Gasteiger partial charge < -0.3 is 14.4 Å². The molecule has 31 heavy (non-hydrogen) atoms. The predicted octanol–water partition coefficient (Wildman–Crippen LogP) is 1.78. The molecule has 1 spiro atoms. The quantitative estimate of drug-likeness (QED) is 0.675. The van der Waals surface area contributed by atoms with Crippen molar-refractivity contribution in [3.63, 3.8) is 0 Å². The van der Waals surface area contributed by atoms with Crippen LogP contribution in [0.25, 0.3) is 10.9 Å². The molecule has 2 aliphatic rings. The van der Waals surface area contributed by atoms with E-state index >= 15 is 0 Å². The molecule has 0 bridgehead atoms. The Hall–Kier alpha value is -2.31. The Morgan fingerprint density at radius 2 is 1.87 bits per heavy atom. The molecule has 0 amide bonds. The zero-order valence-corrected chi connectivity index (χ0v) is 18.3. The van der Waals surface area contributed by atoms with Gasteiger partial charge in [-0.25, -0.2) is 13.9 Å². The fraction of sp³-hybridized carbons (Fsp3) is 0.579. The van der Waals surface area contributed by atoms with Gasteiger partial charge in [0, 0.05) is 42.9 Å². The van der Waals surface area contributed by atoms with Crippen molar-refractivity contribution in [1.82, 2.24) is 14.5 Å². The van der Waals surface area contributed by atoms with E-state index < -0.39 is 28.7 Å². The van der Waals surface area contributed by atoms with Crippen LogP contribution in [0.15, 0.2) is 18.3 Å². The first-order chi connectivity index (χ1) is 14.4. The second-order valence-corrected chi connectivity index (χ2v) is 10.0. The molecule has 170 valence electrons. The fourth-order valence-electron chi connectivity index (χ4n) is 4.66. The van der Waals surface area contributed by atoms with Crippen LogP contribution in [0.3, 0.4) is 0 Å². The van der Waals surface area contributed by atoms with Gasteiger partial charge in [0.15, 0.2) is 11.5 Å². The van der Waals surface area contributed by atoms with E-state index in [1.54, 1.807) is 26.5 Å². The average Bonchev–Trinajstić information content (AvgIpc) is 2.62. The molecule has 1 aliphatic heterocycles. The number of anilines is 1. The number of hydrogen-bond acceptors (Lipinski definition) is 7. The summed E-state index contributed by atoms with van der Waals surface area (Å²) in [6.45, 7) is 1.12.